The number of aromatic nitrogens is 2. The molecule has 2 atom stereocenters. The molecule has 6 nitrogen and oxygen atoms in total. The number of carbonyl (C=O) groups is 1. The van der Waals surface area contributed by atoms with Crippen molar-refractivity contribution in [3.63, 3.8) is 0 Å². The zero-order chi connectivity index (χ0) is 21.4. The highest BCUT2D eigenvalue weighted by atomic mass is 32.2. The summed E-state index contributed by atoms with van der Waals surface area (Å²) in [5.74, 6) is 1.19. The maximum absolute atomic E-state index is 12.8. The lowest BCUT2D eigenvalue weighted by Gasteiger charge is -2.19. The summed E-state index contributed by atoms with van der Waals surface area (Å²) in [6, 6.07) is 13.4. The summed E-state index contributed by atoms with van der Waals surface area (Å²) in [5.41, 5.74) is 4.78. The van der Waals surface area contributed by atoms with Crippen LogP contribution in [0.25, 0.3) is 5.69 Å². The number of ether oxygens (including phenoxy) is 1. The van der Waals surface area contributed by atoms with Gasteiger partial charge in [-0.05, 0) is 57.0 Å². The van der Waals surface area contributed by atoms with E-state index in [9.17, 15) is 9.90 Å². The van der Waals surface area contributed by atoms with E-state index in [1.165, 1.54) is 0 Å². The van der Waals surface area contributed by atoms with Crippen LogP contribution < -0.4 is 10.1 Å². The zero-order valence-electron chi connectivity index (χ0n) is 17.5. The Balaban J connectivity index is 1.90. The number of nitrogens with zero attached hydrogens (tertiary/aromatic N) is 2. The third-order valence-electron chi connectivity index (χ3n) is 5.25. The number of thioether (sulfide) groups is 1. The lowest BCUT2D eigenvalue weighted by molar-refractivity contribution is -0.115. The smallest absolute Gasteiger partial charge is 0.238 e. The highest BCUT2D eigenvalue weighted by molar-refractivity contribution is 8.01. The number of phenols is 1. The van der Waals surface area contributed by atoms with Gasteiger partial charge in [0, 0.05) is 5.56 Å². The van der Waals surface area contributed by atoms with Crippen LogP contribution in [0.4, 0.5) is 5.82 Å². The summed E-state index contributed by atoms with van der Waals surface area (Å²) >= 11 is 1.57. The van der Waals surface area contributed by atoms with Gasteiger partial charge in [0.1, 0.15) is 5.82 Å². The highest BCUT2D eigenvalue weighted by Crippen LogP contribution is 2.47. The van der Waals surface area contributed by atoms with E-state index in [1.807, 2.05) is 68.8 Å². The monoisotopic (exact) mass is 423 g/mol. The van der Waals surface area contributed by atoms with E-state index in [2.05, 4.69) is 5.32 Å². The number of hydrogen-bond donors (Lipinski definition) is 2. The van der Waals surface area contributed by atoms with Crippen molar-refractivity contribution in [3.05, 3.63) is 64.8 Å². The largest absolute Gasteiger partial charge is 0.504 e. The van der Waals surface area contributed by atoms with Gasteiger partial charge in [0.2, 0.25) is 5.91 Å². The van der Waals surface area contributed by atoms with Crippen LogP contribution in [0, 0.1) is 13.8 Å². The molecule has 3 aromatic rings. The number of rotatable bonds is 4. The number of carbonyl (C=O) groups excluding carboxylic acids is 1. The summed E-state index contributed by atoms with van der Waals surface area (Å²) in [6.07, 6.45) is 0. The predicted molar refractivity (Wildman–Crippen MR) is 120 cm³/mol. The van der Waals surface area contributed by atoms with E-state index >= 15 is 0 Å². The zero-order valence-corrected chi connectivity index (χ0v) is 18.3. The molecular formula is C23H25N3O3S. The minimum absolute atomic E-state index is 0.0534. The van der Waals surface area contributed by atoms with Crippen molar-refractivity contribution in [1.82, 2.24) is 9.78 Å². The molecule has 2 N–H and O–H groups in total. The van der Waals surface area contributed by atoms with Crippen molar-refractivity contribution < 1.29 is 14.6 Å². The van der Waals surface area contributed by atoms with E-state index in [-0.39, 0.29) is 22.2 Å². The Morgan fingerprint density at radius 1 is 1.23 bits per heavy atom. The number of phenolic OH excluding ortho intramolecular Hbond substituents is 1. The summed E-state index contributed by atoms with van der Waals surface area (Å²) in [6.45, 7) is 8.24. The molecule has 4 rings (SSSR count). The number of aromatic hydroxyl groups is 1. The van der Waals surface area contributed by atoms with Crippen molar-refractivity contribution in [2.45, 2.75) is 38.2 Å². The van der Waals surface area contributed by atoms with Gasteiger partial charge in [-0.2, -0.15) is 5.10 Å². The number of anilines is 1. The number of hydrogen-bond acceptors (Lipinski definition) is 5. The maximum atomic E-state index is 12.8. The van der Waals surface area contributed by atoms with E-state index in [0.29, 0.717) is 18.2 Å². The van der Waals surface area contributed by atoms with Crippen LogP contribution in [-0.2, 0) is 4.79 Å². The summed E-state index contributed by atoms with van der Waals surface area (Å²) in [5, 5.41) is 17.6. The molecule has 0 saturated heterocycles. The molecule has 1 aliphatic rings. The summed E-state index contributed by atoms with van der Waals surface area (Å²) in [4.78, 5) is 12.8. The van der Waals surface area contributed by atoms with E-state index in [1.54, 1.807) is 17.8 Å². The molecular weight excluding hydrogens is 398 g/mol. The average molecular weight is 424 g/mol. The number of para-hydroxylation sites is 1. The third-order valence-corrected chi connectivity index (χ3v) is 6.65. The standard InChI is InChI=1S/C23H25N3O3S/c1-5-29-19-12-16(10-11-18(19)27)21-20-14(3)25-26(17-9-7-6-8-13(17)2)22(20)24-23(28)15(4)30-21/h6-12,15,21,27H,5H2,1-4H3,(H,24,28). The van der Waals surface area contributed by atoms with Crippen LogP contribution in [-0.4, -0.2) is 32.7 Å². The van der Waals surface area contributed by atoms with Crippen LogP contribution in [0.3, 0.4) is 0 Å². The van der Waals surface area contributed by atoms with Crippen molar-refractivity contribution in [2.75, 3.05) is 11.9 Å². The fourth-order valence-electron chi connectivity index (χ4n) is 3.71. The second-order valence-electron chi connectivity index (χ2n) is 7.35. The molecule has 30 heavy (non-hydrogen) atoms. The molecule has 2 unspecified atom stereocenters. The fraction of sp³-hybridized carbons (Fsp3) is 0.304. The number of benzene rings is 2. The molecule has 1 amide bonds. The first-order valence-electron chi connectivity index (χ1n) is 9.98. The molecule has 7 heteroatoms. The number of nitrogens with one attached hydrogen (secondary N) is 1. The normalized spacial score (nSPS) is 18.5. The molecule has 0 saturated carbocycles. The SMILES string of the molecule is CCOc1cc(C2SC(C)C(=O)Nc3c2c(C)nn3-c2ccccc2C)ccc1O. The van der Waals surface area contributed by atoms with Crippen molar-refractivity contribution >= 4 is 23.5 Å². The Hall–Kier alpha value is -2.93. The van der Waals surface area contributed by atoms with Gasteiger partial charge in [-0.15, -0.1) is 11.8 Å². The first-order valence-corrected chi connectivity index (χ1v) is 10.9. The van der Waals surface area contributed by atoms with Crippen molar-refractivity contribution in [2.24, 2.45) is 0 Å². The molecule has 1 aliphatic heterocycles. The number of amides is 1. The molecule has 0 bridgehead atoms. The van der Waals surface area contributed by atoms with Gasteiger partial charge in [0.05, 0.1) is 28.5 Å². The highest BCUT2D eigenvalue weighted by Gasteiger charge is 2.34. The van der Waals surface area contributed by atoms with Gasteiger partial charge >= 0.3 is 0 Å². The Morgan fingerprint density at radius 2 is 2.00 bits per heavy atom. The molecule has 0 fully saturated rings. The topological polar surface area (TPSA) is 76.4 Å². The van der Waals surface area contributed by atoms with Gasteiger partial charge in [0.25, 0.3) is 0 Å². The molecule has 2 heterocycles. The summed E-state index contributed by atoms with van der Waals surface area (Å²) < 4.78 is 7.42. The van der Waals surface area contributed by atoms with Gasteiger partial charge in [-0.3, -0.25) is 4.79 Å². The second-order valence-corrected chi connectivity index (χ2v) is 8.80. The van der Waals surface area contributed by atoms with Crippen LogP contribution in [0.15, 0.2) is 42.5 Å². The number of aryl methyl sites for hydroxylation is 2. The molecule has 1 aromatic heterocycles. The van der Waals surface area contributed by atoms with Crippen LogP contribution in [0.5, 0.6) is 11.5 Å². The fourth-order valence-corrected chi connectivity index (χ4v) is 5.02. The number of fused-ring (bicyclic) bond motifs is 1. The molecule has 156 valence electrons. The quantitative estimate of drug-likeness (QED) is 0.633. The second kappa shape index (κ2) is 8.07. The molecule has 0 radical (unpaired) electrons. The lowest BCUT2D eigenvalue weighted by atomic mass is 10.0. The van der Waals surface area contributed by atoms with Crippen LogP contribution >= 0.6 is 11.8 Å². The average Bonchev–Trinajstić information content (AvgIpc) is 2.96. The van der Waals surface area contributed by atoms with Crippen LogP contribution in [0.1, 0.15) is 41.5 Å². The lowest BCUT2D eigenvalue weighted by Crippen LogP contribution is -2.22. The molecule has 2 aromatic carbocycles. The Bertz CT molecular complexity index is 1110. The van der Waals surface area contributed by atoms with Crippen molar-refractivity contribution in [3.8, 4) is 17.2 Å². The third kappa shape index (κ3) is 3.54. The Labute approximate surface area is 180 Å². The minimum Gasteiger partial charge on any atom is -0.504 e. The van der Waals surface area contributed by atoms with E-state index in [4.69, 9.17) is 9.84 Å². The predicted octanol–water partition coefficient (Wildman–Crippen LogP) is 4.76. The van der Waals surface area contributed by atoms with Gasteiger partial charge in [0.15, 0.2) is 11.5 Å². The first-order chi connectivity index (χ1) is 14.4. The molecule has 0 spiro atoms. The Morgan fingerprint density at radius 3 is 2.73 bits per heavy atom. The minimum atomic E-state index is -0.253. The van der Waals surface area contributed by atoms with Crippen LogP contribution in [0.2, 0.25) is 0 Å². The van der Waals surface area contributed by atoms with Gasteiger partial charge in [-0.1, -0.05) is 24.3 Å². The summed E-state index contributed by atoms with van der Waals surface area (Å²) in [7, 11) is 0. The first kappa shape index (κ1) is 20.3. The van der Waals surface area contributed by atoms with E-state index in [0.717, 1.165) is 28.1 Å². The van der Waals surface area contributed by atoms with Gasteiger partial charge < -0.3 is 15.2 Å². The van der Waals surface area contributed by atoms with Crippen molar-refractivity contribution in [1.29, 1.82) is 0 Å². The van der Waals surface area contributed by atoms with Gasteiger partial charge in [-0.25, -0.2) is 4.68 Å². The van der Waals surface area contributed by atoms with E-state index < -0.39 is 0 Å². The Kier molecular flexibility index (Phi) is 5.47. The molecule has 0 aliphatic carbocycles. The maximum Gasteiger partial charge on any atom is 0.238 e.